The number of nitrogens with zero attached hydrogens (tertiary/aromatic N) is 4. The number of benzene rings is 2. The molecule has 0 saturated carbocycles. The van der Waals surface area contributed by atoms with Gasteiger partial charge in [-0.1, -0.05) is 18.2 Å². The molecule has 3 heterocycles. The van der Waals surface area contributed by atoms with Gasteiger partial charge in [-0.05, 0) is 49.6 Å². The summed E-state index contributed by atoms with van der Waals surface area (Å²) in [4.78, 5) is 27.7. The van der Waals surface area contributed by atoms with Crippen LogP contribution in [0, 0.1) is 18.7 Å². The number of hydrogen-bond donors (Lipinski definition) is 2. The Hall–Kier alpha value is -3.13. The van der Waals surface area contributed by atoms with E-state index in [0.29, 0.717) is 18.8 Å². The minimum absolute atomic E-state index is 0.0263. The Balaban J connectivity index is 1.08. The number of imidazole rings is 1. The number of nitrogens with one attached hydrogen (secondary N) is 2. The summed E-state index contributed by atoms with van der Waals surface area (Å²) < 4.78 is 14.0. The number of halogens is 1. The highest BCUT2D eigenvalue weighted by atomic mass is 19.1. The van der Waals surface area contributed by atoms with Gasteiger partial charge in [0.05, 0.1) is 22.6 Å². The minimum Gasteiger partial charge on any atom is -0.367 e. The molecule has 2 aromatic carbocycles. The summed E-state index contributed by atoms with van der Waals surface area (Å²) in [5.74, 6) is 0.788. The fourth-order valence-electron chi connectivity index (χ4n) is 5.05. The molecule has 5 rings (SSSR count). The third-order valence-corrected chi connectivity index (χ3v) is 7.01. The molecule has 1 amide bonds. The van der Waals surface area contributed by atoms with E-state index in [0.717, 1.165) is 69.1 Å². The van der Waals surface area contributed by atoms with Gasteiger partial charge in [0.15, 0.2) is 0 Å². The van der Waals surface area contributed by atoms with Crippen molar-refractivity contribution in [2.75, 3.05) is 62.2 Å². The summed E-state index contributed by atoms with van der Waals surface area (Å²) in [5.41, 5.74) is 3.88. The molecule has 2 fully saturated rings. The second kappa shape index (κ2) is 10.0. The molecule has 1 unspecified atom stereocenters. The van der Waals surface area contributed by atoms with Crippen LogP contribution < -0.4 is 15.1 Å². The molecule has 1 atom stereocenters. The Morgan fingerprint density at radius 2 is 1.94 bits per heavy atom. The highest BCUT2D eigenvalue weighted by Gasteiger charge is 2.27. The van der Waals surface area contributed by atoms with Crippen molar-refractivity contribution in [2.45, 2.75) is 19.8 Å². The minimum atomic E-state index is -0.164. The van der Waals surface area contributed by atoms with Crippen molar-refractivity contribution in [3.8, 4) is 0 Å². The van der Waals surface area contributed by atoms with Crippen molar-refractivity contribution < 1.29 is 9.18 Å². The predicted octanol–water partition coefficient (Wildman–Crippen LogP) is 3.17. The molecule has 2 N–H and O–H groups in total. The van der Waals surface area contributed by atoms with Crippen molar-refractivity contribution in [1.29, 1.82) is 0 Å². The topological polar surface area (TPSA) is 67.5 Å². The van der Waals surface area contributed by atoms with Crippen LogP contribution in [0.3, 0.4) is 0 Å². The summed E-state index contributed by atoms with van der Waals surface area (Å²) in [6.07, 6.45) is 1.88. The van der Waals surface area contributed by atoms with E-state index in [1.54, 1.807) is 6.07 Å². The van der Waals surface area contributed by atoms with E-state index in [9.17, 15) is 9.18 Å². The fraction of sp³-hybridized carbons (Fsp3) is 0.462. The smallest absolute Gasteiger partial charge is 0.224 e. The first-order valence-electron chi connectivity index (χ1n) is 12.3. The Kier molecular flexibility index (Phi) is 6.67. The molecule has 0 bridgehead atoms. The largest absolute Gasteiger partial charge is 0.367 e. The lowest BCUT2D eigenvalue weighted by Crippen LogP contribution is -2.49. The molecule has 3 aromatic rings. The van der Waals surface area contributed by atoms with Crippen LogP contribution in [0.15, 0.2) is 42.5 Å². The number of para-hydroxylation sites is 1. The summed E-state index contributed by atoms with van der Waals surface area (Å²) in [6, 6.07) is 13.2. The predicted molar refractivity (Wildman–Crippen MR) is 134 cm³/mol. The standard InChI is InChI=1S/C26H33FN6O/c1-19-8-9-22-23(17-19)30-26(29-22)33-11-4-5-20(18-33)25(34)28-10-12-31-13-15-32(16-14-31)24-7-3-2-6-21(24)27/h2-3,6-9,17,20H,4-5,10-16,18H2,1H3,(H,28,34)(H,29,30). The van der Waals surface area contributed by atoms with Crippen LogP contribution in [0.5, 0.6) is 0 Å². The number of aromatic amines is 1. The van der Waals surface area contributed by atoms with Gasteiger partial charge in [0.25, 0.3) is 0 Å². The Morgan fingerprint density at radius 1 is 1.12 bits per heavy atom. The Bertz CT molecular complexity index is 1140. The van der Waals surface area contributed by atoms with Gasteiger partial charge in [-0.15, -0.1) is 0 Å². The number of hydrogen-bond acceptors (Lipinski definition) is 5. The highest BCUT2D eigenvalue weighted by molar-refractivity contribution is 5.80. The van der Waals surface area contributed by atoms with Gasteiger partial charge >= 0.3 is 0 Å². The molecule has 180 valence electrons. The number of rotatable bonds is 6. The lowest BCUT2D eigenvalue weighted by molar-refractivity contribution is -0.125. The van der Waals surface area contributed by atoms with E-state index in [-0.39, 0.29) is 17.6 Å². The SMILES string of the molecule is Cc1ccc2nc(N3CCCC(C(=O)NCCN4CCN(c5ccccc5F)CC4)C3)[nH]c2c1. The van der Waals surface area contributed by atoms with Crippen LogP contribution in [-0.2, 0) is 4.79 Å². The molecular weight excluding hydrogens is 431 g/mol. The number of fused-ring (bicyclic) bond motifs is 1. The summed E-state index contributed by atoms with van der Waals surface area (Å²) in [6.45, 7) is 8.45. The lowest BCUT2D eigenvalue weighted by Gasteiger charge is -2.36. The van der Waals surface area contributed by atoms with E-state index in [1.165, 1.54) is 11.6 Å². The first-order valence-corrected chi connectivity index (χ1v) is 12.3. The summed E-state index contributed by atoms with van der Waals surface area (Å²) in [5, 5.41) is 3.15. The van der Waals surface area contributed by atoms with Gasteiger partial charge < -0.3 is 20.1 Å². The molecular formula is C26H33FN6O. The van der Waals surface area contributed by atoms with Crippen LogP contribution in [0.2, 0.25) is 0 Å². The number of carbonyl (C=O) groups is 1. The Morgan fingerprint density at radius 3 is 2.76 bits per heavy atom. The number of amides is 1. The summed E-state index contributed by atoms with van der Waals surface area (Å²) in [7, 11) is 0. The molecule has 1 aromatic heterocycles. The van der Waals surface area contributed by atoms with Crippen LogP contribution in [0.4, 0.5) is 16.0 Å². The molecule has 34 heavy (non-hydrogen) atoms. The first kappa shape index (κ1) is 22.7. The van der Waals surface area contributed by atoms with Gasteiger partial charge in [0, 0.05) is 52.4 Å². The van der Waals surface area contributed by atoms with Gasteiger partial charge in [-0.25, -0.2) is 9.37 Å². The average Bonchev–Trinajstić information content (AvgIpc) is 3.28. The first-order chi connectivity index (χ1) is 16.6. The van der Waals surface area contributed by atoms with Crippen LogP contribution in [-0.4, -0.2) is 73.1 Å². The fourth-order valence-corrected chi connectivity index (χ4v) is 5.05. The molecule has 2 aliphatic rings. The molecule has 0 spiro atoms. The van der Waals surface area contributed by atoms with Gasteiger partial charge in [-0.2, -0.15) is 0 Å². The Labute approximate surface area is 199 Å². The van der Waals surface area contributed by atoms with Gasteiger partial charge in [0.1, 0.15) is 5.82 Å². The number of carbonyl (C=O) groups excluding carboxylic acids is 1. The highest BCUT2D eigenvalue weighted by Crippen LogP contribution is 2.24. The van der Waals surface area contributed by atoms with Crippen LogP contribution in [0.1, 0.15) is 18.4 Å². The third kappa shape index (κ3) is 5.01. The van der Waals surface area contributed by atoms with E-state index >= 15 is 0 Å². The number of aryl methyl sites for hydroxylation is 1. The number of aromatic nitrogens is 2. The van der Waals surface area contributed by atoms with E-state index in [4.69, 9.17) is 4.98 Å². The van der Waals surface area contributed by atoms with Gasteiger partial charge in [-0.3, -0.25) is 9.69 Å². The zero-order valence-electron chi connectivity index (χ0n) is 19.8. The molecule has 0 aliphatic carbocycles. The van der Waals surface area contributed by atoms with Crippen molar-refractivity contribution >= 4 is 28.6 Å². The number of anilines is 2. The number of piperazine rings is 1. The van der Waals surface area contributed by atoms with Crippen molar-refractivity contribution in [3.05, 3.63) is 53.8 Å². The van der Waals surface area contributed by atoms with E-state index < -0.39 is 0 Å². The normalized spacial score (nSPS) is 19.5. The third-order valence-electron chi connectivity index (χ3n) is 7.01. The molecule has 0 radical (unpaired) electrons. The monoisotopic (exact) mass is 464 g/mol. The second-order valence-corrected chi connectivity index (χ2v) is 9.44. The van der Waals surface area contributed by atoms with Gasteiger partial charge in [0.2, 0.25) is 11.9 Å². The zero-order chi connectivity index (χ0) is 23.5. The average molecular weight is 465 g/mol. The number of piperidine rings is 1. The zero-order valence-corrected chi connectivity index (χ0v) is 19.8. The van der Waals surface area contributed by atoms with E-state index in [2.05, 4.69) is 44.1 Å². The van der Waals surface area contributed by atoms with Crippen LogP contribution >= 0.6 is 0 Å². The van der Waals surface area contributed by atoms with Crippen molar-refractivity contribution in [1.82, 2.24) is 20.2 Å². The lowest BCUT2D eigenvalue weighted by atomic mass is 9.97. The maximum Gasteiger partial charge on any atom is 0.224 e. The molecule has 2 saturated heterocycles. The maximum absolute atomic E-state index is 14.0. The number of H-pyrrole nitrogens is 1. The quantitative estimate of drug-likeness (QED) is 0.587. The molecule has 2 aliphatic heterocycles. The van der Waals surface area contributed by atoms with Crippen molar-refractivity contribution in [3.63, 3.8) is 0 Å². The van der Waals surface area contributed by atoms with Crippen molar-refractivity contribution in [2.24, 2.45) is 5.92 Å². The van der Waals surface area contributed by atoms with Crippen LogP contribution in [0.25, 0.3) is 11.0 Å². The molecule has 7 nitrogen and oxygen atoms in total. The maximum atomic E-state index is 14.0. The summed E-state index contributed by atoms with van der Waals surface area (Å²) >= 11 is 0. The second-order valence-electron chi connectivity index (χ2n) is 9.44. The molecule has 8 heteroatoms. The van der Waals surface area contributed by atoms with E-state index in [1.807, 2.05) is 18.2 Å².